The van der Waals surface area contributed by atoms with Crippen LogP contribution in [0.1, 0.15) is 10.4 Å². The van der Waals surface area contributed by atoms with Gasteiger partial charge in [-0.3, -0.25) is 4.98 Å². The Kier molecular flexibility index (Phi) is 2.84. The molecule has 4 heteroatoms. The standard InChI is InChI=1S/C16H11NO3/c18-14-7-3-6-12-11(8-9-17-15(12)14)10-4-1-2-5-13(10)16(19)20/h1-9,18H,(H,19,20). The van der Waals surface area contributed by atoms with Gasteiger partial charge in [-0.1, -0.05) is 30.3 Å². The number of fused-ring (bicyclic) bond motifs is 1. The van der Waals surface area contributed by atoms with Crippen LogP contribution in [0.15, 0.2) is 54.7 Å². The molecule has 2 N–H and O–H groups in total. The molecule has 0 amide bonds. The third-order valence-electron chi connectivity index (χ3n) is 3.20. The van der Waals surface area contributed by atoms with Crippen molar-refractivity contribution in [2.24, 2.45) is 0 Å². The first kappa shape index (κ1) is 12.2. The molecule has 0 spiro atoms. The minimum atomic E-state index is -0.981. The Morgan fingerprint density at radius 1 is 0.950 bits per heavy atom. The largest absolute Gasteiger partial charge is 0.506 e. The second-order valence-electron chi connectivity index (χ2n) is 4.38. The molecule has 0 radical (unpaired) electrons. The van der Waals surface area contributed by atoms with Gasteiger partial charge in [0.1, 0.15) is 11.3 Å². The Hall–Kier alpha value is -2.88. The summed E-state index contributed by atoms with van der Waals surface area (Å²) in [6.45, 7) is 0. The Morgan fingerprint density at radius 3 is 2.55 bits per heavy atom. The number of carbonyl (C=O) groups is 1. The number of aromatic nitrogens is 1. The van der Waals surface area contributed by atoms with Gasteiger partial charge < -0.3 is 10.2 Å². The number of carboxylic acids is 1. The van der Waals surface area contributed by atoms with Gasteiger partial charge in [-0.15, -0.1) is 0 Å². The van der Waals surface area contributed by atoms with Crippen molar-refractivity contribution in [1.29, 1.82) is 0 Å². The molecule has 0 aliphatic heterocycles. The number of para-hydroxylation sites is 1. The first-order valence-electron chi connectivity index (χ1n) is 6.08. The first-order valence-corrected chi connectivity index (χ1v) is 6.08. The average molecular weight is 265 g/mol. The van der Waals surface area contributed by atoms with Gasteiger partial charge in [-0.2, -0.15) is 0 Å². The zero-order valence-electron chi connectivity index (χ0n) is 10.4. The van der Waals surface area contributed by atoms with Crippen LogP contribution in [-0.4, -0.2) is 21.2 Å². The van der Waals surface area contributed by atoms with Crippen LogP contribution in [0.4, 0.5) is 0 Å². The summed E-state index contributed by atoms with van der Waals surface area (Å²) >= 11 is 0. The third kappa shape index (κ3) is 1.87. The molecule has 4 nitrogen and oxygen atoms in total. The highest BCUT2D eigenvalue weighted by molar-refractivity contribution is 6.03. The van der Waals surface area contributed by atoms with Gasteiger partial charge in [0.15, 0.2) is 0 Å². The van der Waals surface area contributed by atoms with Crippen LogP contribution in [-0.2, 0) is 0 Å². The van der Waals surface area contributed by atoms with Crippen molar-refractivity contribution < 1.29 is 15.0 Å². The van der Waals surface area contributed by atoms with Crippen LogP contribution in [0.3, 0.4) is 0 Å². The summed E-state index contributed by atoms with van der Waals surface area (Å²) in [6, 6.07) is 13.6. The summed E-state index contributed by atoms with van der Waals surface area (Å²) in [5, 5.41) is 19.9. The smallest absolute Gasteiger partial charge is 0.336 e. The predicted octanol–water partition coefficient (Wildman–Crippen LogP) is 3.31. The molecule has 0 bridgehead atoms. The molecule has 0 atom stereocenters. The van der Waals surface area contributed by atoms with Gasteiger partial charge in [-0.05, 0) is 29.3 Å². The van der Waals surface area contributed by atoms with Crippen LogP contribution < -0.4 is 0 Å². The number of pyridine rings is 1. The van der Waals surface area contributed by atoms with E-state index in [2.05, 4.69) is 4.98 Å². The summed E-state index contributed by atoms with van der Waals surface area (Å²) in [5.74, 6) is -0.900. The predicted molar refractivity (Wildman–Crippen MR) is 75.8 cm³/mol. The van der Waals surface area contributed by atoms with Crippen molar-refractivity contribution in [2.45, 2.75) is 0 Å². The maximum atomic E-state index is 11.3. The number of hydrogen-bond donors (Lipinski definition) is 2. The second kappa shape index (κ2) is 4.66. The molecule has 0 unspecified atom stereocenters. The quantitative estimate of drug-likeness (QED) is 0.745. The highest BCUT2D eigenvalue weighted by Crippen LogP contribution is 2.33. The van der Waals surface area contributed by atoms with E-state index in [4.69, 9.17) is 0 Å². The summed E-state index contributed by atoms with van der Waals surface area (Å²) in [6.07, 6.45) is 1.57. The fraction of sp³-hybridized carbons (Fsp3) is 0. The lowest BCUT2D eigenvalue weighted by atomic mass is 9.96. The number of aromatic carboxylic acids is 1. The Labute approximate surface area is 115 Å². The first-order chi connectivity index (χ1) is 9.68. The molecule has 0 saturated carbocycles. The fourth-order valence-corrected chi connectivity index (χ4v) is 2.30. The molecule has 3 aromatic rings. The maximum Gasteiger partial charge on any atom is 0.336 e. The summed E-state index contributed by atoms with van der Waals surface area (Å²) in [5.41, 5.74) is 2.04. The topological polar surface area (TPSA) is 70.4 Å². The van der Waals surface area contributed by atoms with Gasteiger partial charge >= 0.3 is 5.97 Å². The van der Waals surface area contributed by atoms with Crippen molar-refractivity contribution in [2.75, 3.05) is 0 Å². The van der Waals surface area contributed by atoms with Gasteiger partial charge in [0, 0.05) is 11.6 Å². The molecule has 0 aliphatic rings. The third-order valence-corrected chi connectivity index (χ3v) is 3.20. The lowest BCUT2D eigenvalue weighted by Gasteiger charge is -2.09. The molecule has 0 saturated heterocycles. The molecule has 1 aromatic heterocycles. The van der Waals surface area contributed by atoms with Crippen LogP contribution in [0.5, 0.6) is 5.75 Å². The van der Waals surface area contributed by atoms with Crippen LogP contribution >= 0.6 is 0 Å². The fourth-order valence-electron chi connectivity index (χ4n) is 2.30. The van der Waals surface area contributed by atoms with Gasteiger partial charge in [0.05, 0.1) is 5.56 Å². The maximum absolute atomic E-state index is 11.3. The molecule has 1 heterocycles. The Bertz CT molecular complexity index is 812. The van der Waals surface area contributed by atoms with E-state index in [9.17, 15) is 15.0 Å². The summed E-state index contributed by atoms with van der Waals surface area (Å²) < 4.78 is 0. The Morgan fingerprint density at radius 2 is 1.75 bits per heavy atom. The van der Waals surface area contributed by atoms with Gasteiger partial charge in [-0.25, -0.2) is 4.79 Å². The van der Waals surface area contributed by atoms with Crippen molar-refractivity contribution in [3.8, 4) is 16.9 Å². The van der Waals surface area contributed by atoms with Crippen LogP contribution in [0.2, 0.25) is 0 Å². The van der Waals surface area contributed by atoms with Crippen molar-refractivity contribution in [1.82, 2.24) is 4.98 Å². The lowest BCUT2D eigenvalue weighted by Crippen LogP contribution is -1.99. The van der Waals surface area contributed by atoms with Crippen molar-refractivity contribution in [3.05, 3.63) is 60.3 Å². The number of phenolic OH excluding ortho intramolecular Hbond substituents is 1. The van der Waals surface area contributed by atoms with Crippen LogP contribution in [0.25, 0.3) is 22.0 Å². The van der Waals surface area contributed by atoms with Crippen LogP contribution in [0, 0.1) is 0 Å². The zero-order chi connectivity index (χ0) is 14.1. The minimum Gasteiger partial charge on any atom is -0.506 e. The molecule has 3 rings (SSSR count). The number of nitrogens with zero attached hydrogens (tertiary/aromatic N) is 1. The molecule has 0 aliphatic carbocycles. The average Bonchev–Trinajstić information content (AvgIpc) is 2.47. The van der Waals surface area contributed by atoms with E-state index < -0.39 is 5.97 Å². The van der Waals surface area contributed by atoms with Crippen molar-refractivity contribution >= 4 is 16.9 Å². The highest BCUT2D eigenvalue weighted by atomic mass is 16.4. The molecule has 98 valence electrons. The number of aromatic hydroxyl groups is 1. The molecule has 2 aromatic carbocycles. The highest BCUT2D eigenvalue weighted by Gasteiger charge is 2.14. The number of benzene rings is 2. The SMILES string of the molecule is O=C(O)c1ccccc1-c1ccnc2c(O)cccc12. The molecular weight excluding hydrogens is 254 g/mol. The van der Waals surface area contributed by atoms with E-state index >= 15 is 0 Å². The number of rotatable bonds is 2. The second-order valence-corrected chi connectivity index (χ2v) is 4.38. The van der Waals surface area contributed by atoms with E-state index in [1.807, 2.05) is 6.07 Å². The molecular formula is C16H11NO3. The monoisotopic (exact) mass is 265 g/mol. The zero-order valence-corrected chi connectivity index (χ0v) is 10.4. The number of phenols is 1. The molecule has 0 fully saturated rings. The van der Waals surface area contributed by atoms with E-state index in [0.29, 0.717) is 11.1 Å². The lowest BCUT2D eigenvalue weighted by molar-refractivity contribution is 0.0697. The Balaban J connectivity index is 2.36. The van der Waals surface area contributed by atoms with Gasteiger partial charge in [0.2, 0.25) is 0 Å². The van der Waals surface area contributed by atoms with E-state index in [-0.39, 0.29) is 11.3 Å². The van der Waals surface area contributed by atoms with Crippen molar-refractivity contribution in [3.63, 3.8) is 0 Å². The summed E-state index contributed by atoms with van der Waals surface area (Å²) in [7, 11) is 0. The van der Waals surface area contributed by atoms with E-state index in [1.54, 1.807) is 48.7 Å². The van der Waals surface area contributed by atoms with Gasteiger partial charge in [0.25, 0.3) is 0 Å². The number of hydrogen-bond acceptors (Lipinski definition) is 3. The minimum absolute atomic E-state index is 0.0807. The molecule has 20 heavy (non-hydrogen) atoms. The number of carboxylic acid groups (broad SMARTS) is 1. The normalized spacial score (nSPS) is 10.6. The van der Waals surface area contributed by atoms with E-state index in [1.165, 1.54) is 0 Å². The summed E-state index contributed by atoms with van der Waals surface area (Å²) in [4.78, 5) is 15.5. The van der Waals surface area contributed by atoms with E-state index in [0.717, 1.165) is 10.9 Å².